The molecule has 0 aromatic heterocycles. The average Bonchev–Trinajstić information content (AvgIpc) is 3.25. The second kappa shape index (κ2) is 4.93. The molecule has 1 aromatic carbocycles. The lowest BCUT2D eigenvalue weighted by Gasteiger charge is -2.55. The molecular formula is C21H24N2O4. The fourth-order valence-electron chi connectivity index (χ4n) is 6.79. The van der Waals surface area contributed by atoms with Crippen LogP contribution in [-0.2, 0) is 19.7 Å². The fourth-order valence-corrected chi connectivity index (χ4v) is 6.79. The van der Waals surface area contributed by atoms with E-state index in [0.29, 0.717) is 12.0 Å². The zero-order valence-corrected chi connectivity index (χ0v) is 15.6. The number of benzene rings is 1. The Labute approximate surface area is 158 Å². The number of methoxy groups -OCH3 is 1. The summed E-state index contributed by atoms with van der Waals surface area (Å²) in [7, 11) is 1.43. The summed E-state index contributed by atoms with van der Waals surface area (Å²) in [4.78, 5) is 15.3. The lowest BCUT2D eigenvalue weighted by molar-refractivity contribution is -0.138. The molecule has 2 N–H and O–H groups in total. The number of hydrogen-bond acceptors (Lipinski definition) is 6. The number of fused-ring (bicyclic) bond motifs is 3. The number of nitrogens with one attached hydrogen (secondary N) is 1. The third-order valence-electron chi connectivity index (χ3n) is 7.77. The molecule has 3 saturated heterocycles. The molecule has 6 unspecified atom stereocenters. The maximum Gasteiger partial charge on any atom is 0.335 e. The minimum Gasteiger partial charge on any atom is -0.466 e. The maximum absolute atomic E-state index is 12.8. The van der Waals surface area contributed by atoms with Gasteiger partial charge in [-0.1, -0.05) is 18.2 Å². The van der Waals surface area contributed by atoms with Crippen molar-refractivity contribution in [2.45, 2.75) is 49.5 Å². The molecule has 1 spiro atoms. The number of carbonyl (C=O) groups is 1. The van der Waals surface area contributed by atoms with E-state index in [1.807, 2.05) is 13.0 Å². The van der Waals surface area contributed by atoms with Gasteiger partial charge in [0.1, 0.15) is 0 Å². The van der Waals surface area contributed by atoms with Crippen molar-refractivity contribution in [3.8, 4) is 0 Å². The van der Waals surface area contributed by atoms with Crippen molar-refractivity contribution < 1.29 is 19.4 Å². The van der Waals surface area contributed by atoms with Gasteiger partial charge in [-0.2, -0.15) is 0 Å². The van der Waals surface area contributed by atoms with Crippen molar-refractivity contribution in [1.82, 2.24) is 4.90 Å². The standard InChI is InChI=1S/C21H24N2O4/c1-11(24)21-9-12(18(25)26-2)16-20(13-5-3-4-6-14(13)22-16)7-8-23(19(20)21)10-15-17(21)27-15/h3-6,11,15,17,19,22,24H,7-10H2,1-2H3. The molecular weight excluding hydrogens is 344 g/mol. The minimum atomic E-state index is -0.579. The smallest absolute Gasteiger partial charge is 0.335 e. The van der Waals surface area contributed by atoms with Crippen LogP contribution in [0.4, 0.5) is 5.69 Å². The molecule has 6 rings (SSSR count). The first-order valence-electron chi connectivity index (χ1n) is 9.80. The summed E-state index contributed by atoms with van der Waals surface area (Å²) in [6, 6.07) is 8.46. The molecule has 5 aliphatic rings. The SMILES string of the molecule is COC(=O)C1=C2Nc3ccccc3C23CCN2CC4OC4C(C(C)O)(C1)C23. The second-order valence-corrected chi connectivity index (χ2v) is 8.69. The van der Waals surface area contributed by atoms with Crippen LogP contribution in [0.5, 0.6) is 0 Å². The number of nitrogens with zero attached hydrogens (tertiary/aromatic N) is 1. The quantitative estimate of drug-likeness (QED) is 0.607. The van der Waals surface area contributed by atoms with Gasteiger partial charge < -0.3 is 19.9 Å². The molecule has 0 amide bonds. The van der Waals surface area contributed by atoms with Crippen LogP contribution in [0.2, 0.25) is 0 Å². The highest BCUT2D eigenvalue weighted by molar-refractivity contribution is 5.93. The fraction of sp³-hybridized carbons (Fsp3) is 0.571. The van der Waals surface area contributed by atoms with E-state index in [4.69, 9.17) is 9.47 Å². The van der Waals surface area contributed by atoms with Gasteiger partial charge in [0.25, 0.3) is 0 Å². The summed E-state index contributed by atoms with van der Waals surface area (Å²) in [6.45, 7) is 3.72. The number of esters is 1. The van der Waals surface area contributed by atoms with Crippen molar-refractivity contribution in [1.29, 1.82) is 0 Å². The molecule has 6 nitrogen and oxygen atoms in total. The molecule has 3 fully saturated rings. The van der Waals surface area contributed by atoms with Crippen LogP contribution < -0.4 is 5.32 Å². The summed E-state index contributed by atoms with van der Waals surface area (Å²) in [6.07, 6.45) is 1.01. The van der Waals surface area contributed by atoms with Crippen LogP contribution in [0.25, 0.3) is 0 Å². The summed E-state index contributed by atoms with van der Waals surface area (Å²) in [5.74, 6) is -0.302. The van der Waals surface area contributed by atoms with Gasteiger partial charge >= 0.3 is 5.97 Å². The highest BCUT2D eigenvalue weighted by atomic mass is 16.6. The number of piperidine rings is 1. The Hall–Kier alpha value is -1.89. The van der Waals surface area contributed by atoms with Gasteiger partial charge in [0.2, 0.25) is 0 Å². The number of ether oxygens (including phenoxy) is 2. The predicted octanol–water partition coefficient (Wildman–Crippen LogP) is 1.40. The van der Waals surface area contributed by atoms with Crippen LogP contribution in [0.3, 0.4) is 0 Å². The average molecular weight is 368 g/mol. The number of carbonyl (C=O) groups excluding carboxylic acids is 1. The molecule has 0 saturated carbocycles. The van der Waals surface area contributed by atoms with Crippen LogP contribution in [0.1, 0.15) is 25.3 Å². The van der Waals surface area contributed by atoms with Crippen molar-refractivity contribution in [2.75, 3.05) is 25.5 Å². The zero-order chi connectivity index (χ0) is 18.6. The second-order valence-electron chi connectivity index (χ2n) is 8.69. The first-order chi connectivity index (χ1) is 13.0. The minimum absolute atomic E-state index is 0.00249. The van der Waals surface area contributed by atoms with E-state index in [2.05, 4.69) is 28.4 Å². The van der Waals surface area contributed by atoms with E-state index < -0.39 is 11.5 Å². The Balaban J connectivity index is 1.67. The van der Waals surface area contributed by atoms with Gasteiger partial charge in [-0.05, 0) is 37.9 Å². The molecule has 27 heavy (non-hydrogen) atoms. The Bertz CT molecular complexity index is 896. The Morgan fingerprint density at radius 2 is 2.26 bits per heavy atom. The Morgan fingerprint density at radius 3 is 3.04 bits per heavy atom. The normalized spacial score (nSPS) is 41.8. The highest BCUT2D eigenvalue weighted by Gasteiger charge is 2.75. The summed E-state index contributed by atoms with van der Waals surface area (Å²) < 4.78 is 11.2. The third kappa shape index (κ3) is 1.67. The van der Waals surface area contributed by atoms with Gasteiger partial charge in [-0.15, -0.1) is 0 Å². The van der Waals surface area contributed by atoms with E-state index in [0.717, 1.165) is 30.9 Å². The molecule has 6 atom stereocenters. The van der Waals surface area contributed by atoms with E-state index in [9.17, 15) is 9.90 Å². The van der Waals surface area contributed by atoms with Gasteiger partial charge in [0, 0.05) is 29.4 Å². The summed E-state index contributed by atoms with van der Waals surface area (Å²) in [5.41, 5.74) is 3.15. The number of epoxide rings is 1. The molecule has 0 radical (unpaired) electrons. The van der Waals surface area contributed by atoms with E-state index in [1.54, 1.807) is 0 Å². The molecule has 142 valence electrons. The van der Waals surface area contributed by atoms with Crippen molar-refractivity contribution in [3.05, 3.63) is 41.1 Å². The lowest BCUT2D eigenvalue weighted by atomic mass is 9.52. The predicted molar refractivity (Wildman–Crippen MR) is 98.2 cm³/mol. The number of para-hydroxylation sites is 1. The maximum atomic E-state index is 12.8. The lowest BCUT2D eigenvalue weighted by Crippen LogP contribution is -2.66. The Morgan fingerprint density at radius 1 is 1.44 bits per heavy atom. The van der Waals surface area contributed by atoms with Crippen molar-refractivity contribution in [2.24, 2.45) is 5.41 Å². The number of aliphatic hydroxyl groups excluding tert-OH is 1. The van der Waals surface area contributed by atoms with Crippen molar-refractivity contribution in [3.63, 3.8) is 0 Å². The Kier molecular flexibility index (Phi) is 2.94. The monoisotopic (exact) mass is 368 g/mol. The highest BCUT2D eigenvalue weighted by Crippen LogP contribution is 2.68. The van der Waals surface area contributed by atoms with Crippen LogP contribution in [0.15, 0.2) is 35.5 Å². The molecule has 1 aliphatic carbocycles. The first-order valence-corrected chi connectivity index (χ1v) is 9.80. The third-order valence-corrected chi connectivity index (χ3v) is 7.77. The molecule has 1 aromatic rings. The molecule has 4 aliphatic heterocycles. The van der Waals surface area contributed by atoms with Gasteiger partial charge in [-0.25, -0.2) is 4.79 Å². The zero-order valence-electron chi connectivity index (χ0n) is 15.6. The van der Waals surface area contributed by atoms with Crippen LogP contribution >= 0.6 is 0 Å². The van der Waals surface area contributed by atoms with Gasteiger partial charge in [-0.3, -0.25) is 4.90 Å². The first kappa shape index (κ1) is 16.1. The largest absolute Gasteiger partial charge is 0.466 e. The topological polar surface area (TPSA) is 74.3 Å². The molecule has 4 heterocycles. The van der Waals surface area contributed by atoms with Gasteiger partial charge in [0.15, 0.2) is 0 Å². The molecule has 6 heteroatoms. The van der Waals surface area contributed by atoms with E-state index in [-0.39, 0.29) is 29.6 Å². The number of hydrogen-bond donors (Lipinski definition) is 2. The summed E-state index contributed by atoms with van der Waals surface area (Å²) >= 11 is 0. The number of rotatable bonds is 2. The van der Waals surface area contributed by atoms with Crippen molar-refractivity contribution >= 4 is 11.7 Å². The number of anilines is 1. The number of aliphatic hydroxyl groups is 1. The van der Waals surface area contributed by atoms with Gasteiger partial charge in [0.05, 0.1) is 36.4 Å². The van der Waals surface area contributed by atoms with E-state index >= 15 is 0 Å². The van der Waals surface area contributed by atoms with E-state index in [1.165, 1.54) is 12.7 Å². The van der Waals surface area contributed by atoms with Crippen LogP contribution in [-0.4, -0.2) is 60.5 Å². The molecule has 0 bridgehead atoms. The van der Waals surface area contributed by atoms with Crippen LogP contribution in [0, 0.1) is 5.41 Å². The summed E-state index contributed by atoms with van der Waals surface area (Å²) in [5, 5.41) is 14.6.